The average Bonchev–Trinajstić information content (AvgIpc) is 1.47. The summed E-state index contributed by atoms with van der Waals surface area (Å²) < 4.78 is 62.8. The highest BCUT2D eigenvalue weighted by molar-refractivity contribution is 6.36. The monoisotopic (exact) mass is 1490 g/mol. The van der Waals surface area contributed by atoms with E-state index < -0.39 is 29.4 Å². The molecule has 9 heterocycles. The van der Waals surface area contributed by atoms with Crippen molar-refractivity contribution in [2.24, 2.45) is 5.73 Å². The fourth-order valence-electron chi connectivity index (χ4n) is 10.1. The Morgan fingerprint density at radius 2 is 0.810 bits per heavy atom. The smallest absolute Gasteiger partial charge is 0.396 e. The van der Waals surface area contributed by atoms with Crippen molar-refractivity contribution in [2.45, 2.75) is 45.8 Å². The number of hydrogen-bond donors (Lipinski definition) is 6. The van der Waals surface area contributed by atoms with Crippen molar-refractivity contribution in [3.05, 3.63) is 263 Å². The van der Waals surface area contributed by atoms with E-state index in [4.69, 9.17) is 93.3 Å². The minimum atomic E-state index is -0.615. The van der Waals surface area contributed by atoms with E-state index in [0.29, 0.717) is 88.2 Å². The Morgan fingerprint density at radius 3 is 1.17 bits per heavy atom. The molecule has 0 unspecified atom stereocenters. The van der Waals surface area contributed by atoms with E-state index in [1.165, 1.54) is 18.2 Å². The molecule has 15 rings (SSSR count). The summed E-state index contributed by atoms with van der Waals surface area (Å²) in [6.07, 6.45) is 10.6. The molecule has 0 bridgehead atoms. The molecule has 0 saturated heterocycles. The molecular formula is C68H49Cl7F3N15O7. The molecule has 22 nitrogen and oxygen atoms in total. The van der Waals surface area contributed by atoms with Crippen LogP contribution < -0.4 is 16.4 Å². The number of aromatic nitrogens is 12. The van der Waals surface area contributed by atoms with E-state index in [9.17, 15) is 27.6 Å². The number of halogens is 10. The molecule has 0 fully saturated rings. The van der Waals surface area contributed by atoms with Crippen molar-refractivity contribution in [2.75, 3.05) is 6.61 Å². The van der Waals surface area contributed by atoms with Crippen molar-refractivity contribution >= 4 is 165 Å². The van der Waals surface area contributed by atoms with E-state index in [0.717, 1.165) is 54.8 Å². The number of esters is 1. The maximum atomic E-state index is 14.3. The van der Waals surface area contributed by atoms with E-state index in [-0.39, 0.29) is 85.0 Å². The van der Waals surface area contributed by atoms with Gasteiger partial charge in [-0.1, -0.05) is 87.8 Å². The van der Waals surface area contributed by atoms with Gasteiger partial charge in [0.15, 0.2) is 0 Å². The molecule has 2 amide bonds. The van der Waals surface area contributed by atoms with Crippen molar-refractivity contribution in [1.29, 1.82) is 0 Å². The second-order valence-electron chi connectivity index (χ2n) is 21.7. The number of nitrogens with zero attached hydrogens (tertiary/aromatic N) is 9. The van der Waals surface area contributed by atoms with Crippen LogP contribution in [0.15, 0.2) is 160 Å². The highest BCUT2D eigenvalue weighted by Gasteiger charge is 2.21. The van der Waals surface area contributed by atoms with Crippen LogP contribution in [0.5, 0.6) is 0 Å². The van der Waals surface area contributed by atoms with E-state index in [1.54, 1.807) is 62.3 Å². The first kappa shape index (κ1) is 71.1. The first-order valence-electron chi connectivity index (χ1n) is 29.7. The molecule has 0 aliphatic carbocycles. The maximum absolute atomic E-state index is 14.3. The van der Waals surface area contributed by atoms with Crippen molar-refractivity contribution in [3.8, 4) is 0 Å². The molecule has 0 aliphatic rings. The lowest BCUT2D eigenvalue weighted by Gasteiger charge is -2.05. The summed E-state index contributed by atoms with van der Waals surface area (Å²) in [5.74, 6) is -2.69. The first-order chi connectivity index (χ1) is 47.8. The largest absolute Gasteiger partial charge is 0.459 e. The van der Waals surface area contributed by atoms with Gasteiger partial charge in [0, 0.05) is 122 Å². The van der Waals surface area contributed by atoms with Gasteiger partial charge in [0.2, 0.25) is 17.7 Å². The third-order valence-corrected chi connectivity index (χ3v) is 16.5. The van der Waals surface area contributed by atoms with Gasteiger partial charge in [-0.3, -0.25) is 24.5 Å². The number of amides is 2. The number of ether oxygens (including phenoxy) is 1. The molecule has 0 atom stereocenters. The third kappa shape index (κ3) is 17.1. The lowest BCUT2D eigenvalue weighted by atomic mass is 10.1. The van der Waals surface area contributed by atoms with E-state index in [1.807, 2.05) is 72.8 Å². The van der Waals surface area contributed by atoms with Crippen molar-refractivity contribution in [3.63, 3.8) is 0 Å². The molecule has 0 radical (unpaired) electrons. The van der Waals surface area contributed by atoms with Crippen LogP contribution in [0.1, 0.15) is 90.0 Å². The van der Waals surface area contributed by atoms with E-state index >= 15 is 0 Å². The topological polar surface area (TPSA) is 313 Å². The fraction of sp³-hybridized carbons (Fsp3) is 0.118. The van der Waals surface area contributed by atoms with Crippen LogP contribution in [0.3, 0.4) is 0 Å². The molecule has 7 N–H and O–H groups in total. The quantitative estimate of drug-likeness (QED) is 0.0520. The Hall–Kier alpha value is -10.2. The number of carbonyl (C=O) groups is 3. The lowest BCUT2D eigenvalue weighted by molar-refractivity contribution is 0.0478. The van der Waals surface area contributed by atoms with E-state index in [2.05, 4.69) is 71.1 Å². The summed E-state index contributed by atoms with van der Waals surface area (Å²) in [6.45, 7) is 2.04. The number of aromatic amines is 3. The van der Waals surface area contributed by atoms with Gasteiger partial charge >= 0.3 is 35.5 Å². The number of benzene rings is 6. The lowest BCUT2D eigenvalue weighted by Crippen LogP contribution is -2.23. The van der Waals surface area contributed by atoms with Crippen LogP contribution in [0.2, 0.25) is 30.1 Å². The molecule has 9 aromatic heterocycles. The number of carbonyl (C=O) groups excluding carboxylic acids is 3. The van der Waals surface area contributed by atoms with Crippen LogP contribution >= 0.6 is 82.0 Å². The van der Waals surface area contributed by atoms with Gasteiger partial charge in [-0.05, 0) is 115 Å². The van der Waals surface area contributed by atoms with Crippen LogP contribution in [0, 0.1) is 17.5 Å². The molecule has 6 aromatic carbocycles. The zero-order valence-electron chi connectivity index (χ0n) is 51.6. The maximum Gasteiger partial charge on any atom is 0.396 e. The summed E-state index contributed by atoms with van der Waals surface area (Å²) in [4.78, 5) is 57.7. The minimum absolute atomic E-state index is 0. The third-order valence-electron chi connectivity index (χ3n) is 14.9. The van der Waals surface area contributed by atoms with Crippen LogP contribution in [0.25, 0.3) is 65.4 Å². The Balaban J connectivity index is 0.000000140. The zero-order chi connectivity index (χ0) is 69.4. The molecule has 0 saturated carbocycles. The van der Waals surface area contributed by atoms with Crippen LogP contribution in [0.4, 0.5) is 13.2 Å². The summed E-state index contributed by atoms with van der Waals surface area (Å²) in [7, 11) is 0. The Bertz CT molecular complexity index is 5310. The van der Waals surface area contributed by atoms with Gasteiger partial charge in [0.1, 0.15) is 17.5 Å². The van der Waals surface area contributed by atoms with Gasteiger partial charge in [-0.15, -0.1) is 43.0 Å². The minimum Gasteiger partial charge on any atom is -0.459 e. The van der Waals surface area contributed by atoms with Gasteiger partial charge in [0.05, 0.1) is 72.6 Å². The number of hydrogen-bond acceptors (Lipinski definition) is 17. The Morgan fingerprint density at radius 1 is 0.470 bits per heavy atom. The predicted octanol–water partition coefficient (Wildman–Crippen LogP) is 16.0. The van der Waals surface area contributed by atoms with Gasteiger partial charge in [-0.25, -0.2) is 18.0 Å². The van der Waals surface area contributed by atoms with Gasteiger partial charge < -0.3 is 49.3 Å². The fourth-order valence-corrected chi connectivity index (χ4v) is 11.3. The number of nitrogens with one attached hydrogen (secondary N) is 5. The number of H-pyrrole nitrogens is 3. The number of nitrogens with two attached hydrogens (primary N) is 1. The SMILES string of the molecule is CCOC(=O)c1nnc(Cc2ccc3ncc(Cl)cc3c2)o1.Cl.NCc1cc2c(Cl)c[nH]c2cc1F.O=C(NCc1cc2c(Cl)c[nH]c2cc1F)c1nnc(Cc2ccc3ncc(Cl)cc3c2)o1.O=C(NCc1cc2c(Cl)c[nH]c2cc1F)c1nnc(Cc2ccc3ncc(Cl)cc3c2)o1. The molecule has 0 spiro atoms. The summed E-state index contributed by atoms with van der Waals surface area (Å²) in [6, 6.07) is 31.5. The highest BCUT2D eigenvalue weighted by atomic mass is 35.5. The molecule has 0 aliphatic heterocycles. The second-order valence-corrected chi connectivity index (χ2v) is 24.3. The zero-order valence-corrected chi connectivity index (χ0v) is 56.9. The molecule has 15 aromatic rings. The summed E-state index contributed by atoms with van der Waals surface area (Å²) >= 11 is 36.0. The van der Waals surface area contributed by atoms with Gasteiger partial charge in [-0.2, -0.15) is 0 Å². The number of rotatable bonds is 15. The predicted molar refractivity (Wildman–Crippen MR) is 375 cm³/mol. The molecule has 32 heteroatoms. The summed E-state index contributed by atoms with van der Waals surface area (Å²) in [5.41, 5.74) is 13.5. The number of pyridine rings is 3. The van der Waals surface area contributed by atoms with Crippen molar-refractivity contribution in [1.82, 2.24) is 71.1 Å². The molecule has 508 valence electrons. The molecule has 100 heavy (non-hydrogen) atoms. The standard InChI is InChI=1S/2C22H14Cl2FN5O2.C15H12ClN3O3.C9H8ClFN2.ClH/c2*23-14-5-12-3-11(1-2-18(12)26-9-14)4-20-29-30-22(32-20)21(31)28-8-13-6-15-16(24)10-27-19(15)7-17(13)25;1-2-21-15(20)14-19-18-13(22-14)6-9-3-4-12-10(5-9)7-11(16)8-17-12;10-7-4-13-9-2-8(11)5(3-12)1-6(7)9;/h2*1-3,5-7,9-10,27H,4,8H2,(H,28,31);3-5,7-8H,2,6H2,1H3;1-2,4,13H,3,12H2;1H. The normalized spacial score (nSPS) is 11.1. The Kier molecular flexibility index (Phi) is 22.6. The summed E-state index contributed by atoms with van der Waals surface area (Å²) in [5, 5.41) is 36.2. The molecular weight excluding hydrogens is 1440 g/mol. The number of fused-ring (bicyclic) bond motifs is 6. The highest BCUT2D eigenvalue weighted by Crippen LogP contribution is 2.30. The second kappa shape index (κ2) is 31.8. The average molecular weight is 1490 g/mol. The van der Waals surface area contributed by atoms with Gasteiger partial charge in [0.25, 0.3) is 0 Å². The van der Waals surface area contributed by atoms with Crippen LogP contribution in [-0.4, -0.2) is 84.9 Å². The Labute approximate surface area is 598 Å². The first-order valence-corrected chi connectivity index (χ1v) is 31.9. The van der Waals surface area contributed by atoms with Crippen LogP contribution in [-0.2, 0) is 43.6 Å². The van der Waals surface area contributed by atoms with Crippen molar-refractivity contribution < 1.29 is 45.5 Å².